The lowest BCUT2D eigenvalue weighted by molar-refractivity contribution is -0.0544. The van der Waals surface area contributed by atoms with E-state index in [0.29, 0.717) is 106 Å². The van der Waals surface area contributed by atoms with Crippen molar-refractivity contribution in [3.05, 3.63) is 249 Å². The van der Waals surface area contributed by atoms with Gasteiger partial charge in [0.05, 0.1) is 39.6 Å². The van der Waals surface area contributed by atoms with Gasteiger partial charge < -0.3 is 65.9 Å². The van der Waals surface area contributed by atoms with Gasteiger partial charge in [0.25, 0.3) is 0 Å². The van der Waals surface area contributed by atoms with Crippen LogP contribution in [0.15, 0.2) is 215 Å². The van der Waals surface area contributed by atoms with Crippen LogP contribution in [0.25, 0.3) is 0 Å². The number of ether oxygens (including phenoxy) is 3. The van der Waals surface area contributed by atoms with E-state index in [1.807, 2.05) is 133 Å². The van der Waals surface area contributed by atoms with Crippen molar-refractivity contribution >= 4 is 67.0 Å². The van der Waals surface area contributed by atoms with Crippen LogP contribution in [0, 0.1) is 24.2 Å². The van der Waals surface area contributed by atoms with E-state index in [1.165, 1.54) is 16.7 Å². The highest BCUT2D eigenvalue weighted by Gasteiger charge is 2.52. The largest absolute Gasteiger partial charge is 0.497 e. The number of hydrogen-bond acceptors (Lipinski definition) is 13. The van der Waals surface area contributed by atoms with Gasteiger partial charge >= 0.3 is 18.1 Å². The van der Waals surface area contributed by atoms with Crippen LogP contribution in [0.3, 0.4) is 0 Å². The molecule has 108 heavy (non-hydrogen) atoms. The van der Waals surface area contributed by atoms with Gasteiger partial charge in [-0.15, -0.1) is 6.42 Å². The van der Waals surface area contributed by atoms with E-state index in [1.54, 1.807) is 48.2 Å². The number of carbonyl (C=O) groups excluding carboxylic acids is 3. The molecular formula is C87H100Br2N10O9. The molecule has 0 aliphatic carbocycles. The second-order valence-electron chi connectivity index (χ2n) is 28.1. The van der Waals surface area contributed by atoms with Gasteiger partial charge in [0.1, 0.15) is 17.2 Å². The molecule has 8 aromatic rings. The van der Waals surface area contributed by atoms with Gasteiger partial charge in [-0.3, -0.25) is 14.7 Å². The minimum atomic E-state index is -0.562. The van der Waals surface area contributed by atoms with E-state index >= 15 is 0 Å². The Kier molecular flexibility index (Phi) is 28.6. The molecule has 6 amide bonds. The van der Waals surface area contributed by atoms with Crippen LogP contribution < -0.4 is 35.9 Å². The summed E-state index contributed by atoms with van der Waals surface area (Å²) >= 11 is 7.03. The monoisotopic (exact) mass is 1590 g/mol. The highest BCUT2D eigenvalue weighted by Crippen LogP contribution is 2.46. The third kappa shape index (κ3) is 20.4. The Hall–Kier alpha value is -9.23. The van der Waals surface area contributed by atoms with Crippen LogP contribution in [0.4, 0.5) is 31.4 Å². The number of urea groups is 3. The Balaban J connectivity index is 0.000000154. The van der Waals surface area contributed by atoms with Crippen LogP contribution in [0.2, 0.25) is 0 Å². The standard InChI is InChI=1S/C32H35N3O3.C24H30BrN3O3.C23H29BrN4O3.C8H6/c1-3-29-31(25-13-11-24(12-14-25)10-9-23-7-5-4-6-8-23)30-22-34(21-27(36)19-20-35(29)30)32(37)33-26-15-17-28(38-2)18-16-26;1-3-21-23(16-4-6-17(25)7-5-16)22-15-27(14-19(29)12-13-28(21)22)24(30)26-18-8-10-20(31-2)11-9-18;1-31-19-8-6-17(7-9-19)26-23(30)27-13-18(29)10-11-28-20(12-25)22(21(28)14-27)15-2-4-16(24)5-3-15;1-2-8-6-4-3-5-7-8/h4-8,11-18,27,29-31,36H,3,19-22H2,1-2H3,(H,33,37);4-11,19,21-23,29H,3,12-15H2,1-2H3,(H,26,30);2-9,18,20-22,29H,10-14,25H2,1H3,(H,26,30);1,3-7H/t27-,29+,30-,31-;19-,21+,22-,23-;18-,20+,21-,22-;/m000./s1. The van der Waals surface area contributed by atoms with Crippen molar-refractivity contribution < 1.29 is 43.9 Å². The van der Waals surface area contributed by atoms with Gasteiger partial charge in [-0.2, -0.15) is 0 Å². The van der Waals surface area contributed by atoms with Crippen LogP contribution in [0.1, 0.15) is 97.1 Å². The summed E-state index contributed by atoms with van der Waals surface area (Å²) in [4.78, 5) is 52.0. The second-order valence-corrected chi connectivity index (χ2v) is 29.9. The quantitative estimate of drug-likeness (QED) is 0.0567. The molecule has 14 rings (SSSR count). The number of benzene rings is 8. The van der Waals surface area contributed by atoms with E-state index in [4.69, 9.17) is 26.4 Å². The van der Waals surface area contributed by atoms with Crippen LogP contribution in [-0.4, -0.2) is 204 Å². The number of terminal acetylenes is 1. The number of methoxy groups -OCH3 is 3. The average molecular weight is 1590 g/mol. The lowest BCUT2D eigenvalue weighted by atomic mass is 9.73. The first kappa shape index (κ1) is 79.8. The maximum atomic E-state index is 13.3. The topological polar surface area (TPSA) is 221 Å². The summed E-state index contributed by atoms with van der Waals surface area (Å²) in [5.74, 6) is 12.2. The number of nitrogens with two attached hydrogens (primary N) is 1. The molecule has 6 aliphatic rings. The number of rotatable bonds is 12. The molecule has 0 saturated carbocycles. The minimum absolute atomic E-state index is 0.170. The Morgan fingerprint density at radius 2 is 0.722 bits per heavy atom. The van der Waals surface area contributed by atoms with Crippen molar-refractivity contribution in [3.63, 3.8) is 0 Å². The average Bonchev–Trinajstić information content (AvgIpc) is 0.755. The molecular weight excluding hydrogens is 1490 g/mol. The molecule has 6 heterocycles. The minimum Gasteiger partial charge on any atom is -0.497 e. The molecule has 21 heteroatoms. The van der Waals surface area contributed by atoms with Gasteiger partial charge in [-0.1, -0.05) is 136 Å². The molecule has 0 spiro atoms. The Labute approximate surface area is 653 Å². The molecule has 566 valence electrons. The summed E-state index contributed by atoms with van der Waals surface area (Å²) in [5.41, 5.74) is 15.0. The van der Waals surface area contributed by atoms with Crippen molar-refractivity contribution in [2.75, 3.05) is 103 Å². The van der Waals surface area contributed by atoms with Crippen molar-refractivity contribution in [3.8, 4) is 41.4 Å². The van der Waals surface area contributed by atoms with Gasteiger partial charge in [-0.05, 0) is 182 Å². The number of fused-ring (bicyclic) bond motifs is 3. The van der Waals surface area contributed by atoms with Gasteiger partial charge in [0.2, 0.25) is 0 Å². The van der Waals surface area contributed by atoms with Gasteiger partial charge in [0, 0.05) is 162 Å². The van der Waals surface area contributed by atoms with Crippen molar-refractivity contribution in [2.24, 2.45) is 5.73 Å². The molecule has 8 N–H and O–H groups in total. The van der Waals surface area contributed by atoms with Crippen LogP contribution in [-0.2, 0) is 0 Å². The summed E-state index contributed by atoms with van der Waals surface area (Å²) in [6, 6.07) is 68.0. The fourth-order valence-corrected chi connectivity index (χ4v) is 16.5. The van der Waals surface area contributed by atoms with Crippen molar-refractivity contribution in [2.45, 2.75) is 118 Å². The molecule has 6 aliphatic heterocycles. The Morgan fingerprint density at radius 1 is 0.426 bits per heavy atom. The SMILES string of the molecule is C#Cc1ccccc1.CC[C@@H]1[C@H](c2ccc(Br)cc2)[C@@H]2CN(C(=O)Nc3ccc(OC)cc3)C[C@@H](O)CCN12.CC[C@@H]1[C@H](c2ccc(C#Cc3ccccc3)cc2)[C@@H]2CN(C(=O)Nc3ccc(OC)cc3)C[C@@H](O)CCN12.COc1ccc(NC(=O)N2C[C@@H](O)CCN3[C@H](CN)[C@H](c4ccc(Br)cc4)[C@@H]3C2)cc1. The normalized spacial score (nSPS) is 23.8. The van der Waals surface area contributed by atoms with E-state index < -0.39 is 18.3 Å². The molecule has 8 aromatic carbocycles. The first-order valence-electron chi connectivity index (χ1n) is 37.3. The van der Waals surface area contributed by atoms with E-state index in [2.05, 4.69) is 155 Å². The zero-order chi connectivity index (χ0) is 76.2. The molecule has 0 radical (unpaired) electrons. The number of aliphatic hydroxyl groups is 3. The van der Waals surface area contributed by atoms with E-state index in [-0.39, 0.29) is 48.2 Å². The zero-order valence-corrected chi connectivity index (χ0v) is 65.2. The number of halogens is 2. The smallest absolute Gasteiger partial charge is 0.321 e. The third-order valence-electron chi connectivity index (χ3n) is 21.6. The van der Waals surface area contributed by atoms with Crippen LogP contribution in [0.5, 0.6) is 17.2 Å². The number of carbonyl (C=O) groups is 3. The van der Waals surface area contributed by atoms with Gasteiger partial charge in [0.15, 0.2) is 0 Å². The highest BCUT2D eigenvalue weighted by atomic mass is 79.9. The molecule has 12 atom stereocenters. The zero-order valence-electron chi connectivity index (χ0n) is 62.0. The van der Waals surface area contributed by atoms with E-state index in [9.17, 15) is 29.7 Å². The number of anilines is 3. The molecule has 6 saturated heterocycles. The number of β-amino-alcohol motifs (C(OH)–C–C–N with tert-alkyl or cyclic N) is 3. The molecule has 0 bridgehead atoms. The number of hydrogen-bond donors (Lipinski definition) is 7. The highest BCUT2D eigenvalue weighted by molar-refractivity contribution is 9.10. The lowest BCUT2D eigenvalue weighted by Crippen LogP contribution is -2.69. The lowest BCUT2D eigenvalue weighted by Gasteiger charge is -2.58. The predicted octanol–water partition coefficient (Wildman–Crippen LogP) is 13.8. The maximum absolute atomic E-state index is 13.3. The summed E-state index contributed by atoms with van der Waals surface area (Å²) in [7, 11) is 4.84. The van der Waals surface area contributed by atoms with Crippen molar-refractivity contribution in [1.82, 2.24) is 29.4 Å². The molecule has 6 fully saturated rings. The summed E-state index contributed by atoms with van der Waals surface area (Å²) < 4.78 is 17.7. The van der Waals surface area contributed by atoms with Gasteiger partial charge in [-0.25, -0.2) is 14.4 Å². The molecule has 0 aromatic heterocycles. The summed E-state index contributed by atoms with van der Waals surface area (Å²) in [5, 5.41) is 40.5. The fraction of sp³-hybridized carbons (Fsp3) is 0.368. The summed E-state index contributed by atoms with van der Waals surface area (Å²) in [6.45, 7) is 10.2. The maximum Gasteiger partial charge on any atom is 0.321 e. The van der Waals surface area contributed by atoms with Crippen LogP contribution >= 0.6 is 31.9 Å². The fourth-order valence-electron chi connectivity index (χ4n) is 16.0. The molecule has 19 nitrogen and oxygen atoms in total. The Morgan fingerprint density at radius 3 is 1.02 bits per heavy atom. The predicted molar refractivity (Wildman–Crippen MR) is 435 cm³/mol. The third-order valence-corrected chi connectivity index (χ3v) is 22.6. The summed E-state index contributed by atoms with van der Waals surface area (Å²) in [6.07, 6.45) is 7.48. The number of amides is 6. The first-order valence-corrected chi connectivity index (χ1v) is 38.9. The number of nitrogens with zero attached hydrogens (tertiary/aromatic N) is 6. The molecule has 0 unspecified atom stereocenters. The van der Waals surface area contributed by atoms with E-state index in [0.717, 1.165) is 75.4 Å². The second kappa shape index (κ2) is 38.7. The Bertz CT molecular complexity index is 4140. The number of nitrogens with one attached hydrogen (secondary N) is 3. The number of aliphatic hydroxyl groups excluding tert-OH is 3. The first-order chi connectivity index (χ1) is 52.5. The van der Waals surface area contributed by atoms with Crippen molar-refractivity contribution in [1.29, 1.82) is 0 Å².